The van der Waals surface area contributed by atoms with Gasteiger partial charge >= 0.3 is 0 Å². The molecule has 0 unspecified atom stereocenters. The van der Waals surface area contributed by atoms with Crippen LogP contribution in [0.3, 0.4) is 0 Å². The normalized spacial score (nSPS) is 11.6. The molecule has 0 aliphatic rings. The summed E-state index contributed by atoms with van der Waals surface area (Å²) in [4.78, 5) is 5.78. The molecule has 176 valence electrons. The number of hydrogen-bond acceptors (Lipinski definition) is 3. The van der Waals surface area contributed by atoms with Crippen LogP contribution in [-0.2, 0) is 6.42 Å². The van der Waals surface area contributed by atoms with Gasteiger partial charge in [-0.25, -0.2) is 9.50 Å². The van der Waals surface area contributed by atoms with E-state index >= 15 is 0 Å². The first-order valence-electron chi connectivity index (χ1n) is 13.2. The van der Waals surface area contributed by atoms with Crippen LogP contribution in [0.1, 0.15) is 114 Å². The predicted octanol–water partition coefficient (Wildman–Crippen LogP) is 9.18. The van der Waals surface area contributed by atoms with E-state index in [1.54, 1.807) is 11.3 Å². The monoisotopic (exact) mass is 453 g/mol. The van der Waals surface area contributed by atoms with Gasteiger partial charge in [-0.3, -0.25) is 0 Å². The fourth-order valence-electron chi connectivity index (χ4n) is 4.35. The van der Waals surface area contributed by atoms with Gasteiger partial charge in [0.1, 0.15) is 5.01 Å². The van der Waals surface area contributed by atoms with Crippen molar-refractivity contribution in [2.45, 2.75) is 117 Å². The maximum Gasteiger partial charge on any atom is 0.212 e. The predicted molar refractivity (Wildman–Crippen MR) is 140 cm³/mol. The molecule has 0 radical (unpaired) electrons. The maximum atomic E-state index is 4.77. The van der Waals surface area contributed by atoms with Crippen molar-refractivity contribution in [1.82, 2.24) is 14.6 Å². The molecule has 32 heavy (non-hydrogen) atoms. The smallest absolute Gasteiger partial charge is 0.212 e. The van der Waals surface area contributed by atoms with Gasteiger partial charge in [0.15, 0.2) is 0 Å². The molecule has 3 nitrogen and oxygen atoms in total. The van der Waals surface area contributed by atoms with Crippen LogP contribution in [-0.4, -0.2) is 14.6 Å². The van der Waals surface area contributed by atoms with Gasteiger partial charge in [-0.1, -0.05) is 138 Å². The number of benzene rings is 1. The Morgan fingerprint density at radius 3 is 1.78 bits per heavy atom. The maximum absolute atomic E-state index is 4.77. The third-order valence-corrected chi connectivity index (χ3v) is 7.41. The number of hydrogen-bond donors (Lipinski definition) is 0. The van der Waals surface area contributed by atoms with Gasteiger partial charge in [0.2, 0.25) is 4.96 Å². The largest absolute Gasteiger partial charge is 0.217 e. The Morgan fingerprint density at radius 2 is 1.25 bits per heavy atom. The summed E-state index contributed by atoms with van der Waals surface area (Å²) in [5.41, 5.74) is 3.46. The van der Waals surface area contributed by atoms with Gasteiger partial charge < -0.3 is 0 Å². The highest BCUT2D eigenvalue weighted by Gasteiger charge is 2.09. The summed E-state index contributed by atoms with van der Waals surface area (Å²) >= 11 is 1.74. The Morgan fingerprint density at radius 1 is 0.719 bits per heavy atom. The van der Waals surface area contributed by atoms with Gasteiger partial charge in [0, 0.05) is 12.0 Å². The number of rotatable bonds is 17. The summed E-state index contributed by atoms with van der Waals surface area (Å²) in [5.74, 6) is 0. The number of nitrogens with zero attached hydrogens (tertiary/aromatic N) is 3. The Hall–Kier alpha value is -1.68. The molecule has 2 aromatic heterocycles. The number of unbranched alkanes of at least 4 members (excludes halogenated alkanes) is 14. The SMILES string of the molecule is CCCCCCCCCCCCCCCCCc1nn2cc(-c3ccc(C)cc3)nc2s1. The molecule has 0 amide bonds. The van der Waals surface area contributed by atoms with Crippen LogP contribution >= 0.6 is 11.3 Å². The molecule has 3 rings (SSSR count). The van der Waals surface area contributed by atoms with Crippen LogP contribution < -0.4 is 0 Å². The molecular formula is C28H43N3S. The van der Waals surface area contributed by atoms with Crippen molar-refractivity contribution in [2.75, 3.05) is 0 Å². The van der Waals surface area contributed by atoms with E-state index in [-0.39, 0.29) is 0 Å². The fraction of sp³-hybridized carbons (Fsp3) is 0.643. The topological polar surface area (TPSA) is 30.2 Å². The average Bonchev–Trinajstić information content (AvgIpc) is 3.36. The number of aryl methyl sites for hydroxylation is 2. The fourth-order valence-corrected chi connectivity index (χ4v) is 5.27. The molecule has 0 saturated carbocycles. The van der Waals surface area contributed by atoms with Crippen molar-refractivity contribution in [3.8, 4) is 11.3 Å². The molecule has 3 aromatic rings. The van der Waals surface area contributed by atoms with Crippen LogP contribution in [0.5, 0.6) is 0 Å². The zero-order valence-corrected chi connectivity index (χ0v) is 21.3. The van der Waals surface area contributed by atoms with Crippen molar-refractivity contribution >= 4 is 16.3 Å². The standard InChI is InChI=1S/C28H43N3S/c1-3-4-5-6-7-8-9-10-11-12-13-14-15-16-17-18-27-30-31-23-26(29-28(31)32-27)25-21-19-24(2)20-22-25/h19-23H,3-18H2,1-2H3. The molecule has 0 bridgehead atoms. The summed E-state index contributed by atoms with van der Waals surface area (Å²) in [5, 5.41) is 5.97. The molecule has 0 fully saturated rings. The molecule has 1 aromatic carbocycles. The lowest BCUT2D eigenvalue weighted by molar-refractivity contribution is 0.532. The van der Waals surface area contributed by atoms with E-state index in [1.807, 2.05) is 4.52 Å². The molecule has 4 heteroatoms. The van der Waals surface area contributed by atoms with Crippen molar-refractivity contribution in [3.63, 3.8) is 0 Å². The van der Waals surface area contributed by atoms with E-state index in [0.717, 1.165) is 22.6 Å². The van der Waals surface area contributed by atoms with E-state index < -0.39 is 0 Å². The molecule has 0 N–H and O–H groups in total. The quantitative estimate of drug-likeness (QED) is 0.191. The Bertz CT molecular complexity index is 846. The first-order chi connectivity index (χ1) is 15.8. The van der Waals surface area contributed by atoms with Crippen molar-refractivity contribution < 1.29 is 0 Å². The molecular weight excluding hydrogens is 410 g/mol. The highest BCUT2D eigenvalue weighted by Crippen LogP contribution is 2.23. The second kappa shape index (κ2) is 14.5. The lowest BCUT2D eigenvalue weighted by Crippen LogP contribution is -1.88. The Balaban J connectivity index is 1.19. The summed E-state index contributed by atoms with van der Waals surface area (Å²) in [6.07, 6.45) is 24.3. The molecule has 0 aliphatic heterocycles. The van der Waals surface area contributed by atoms with Crippen molar-refractivity contribution in [3.05, 3.63) is 41.0 Å². The van der Waals surface area contributed by atoms with E-state index in [9.17, 15) is 0 Å². The van der Waals surface area contributed by atoms with Gasteiger partial charge in [0.25, 0.3) is 0 Å². The Kier molecular flexibility index (Phi) is 11.3. The van der Waals surface area contributed by atoms with Gasteiger partial charge in [0.05, 0.1) is 11.9 Å². The summed E-state index contributed by atoms with van der Waals surface area (Å²) in [7, 11) is 0. The molecule has 0 spiro atoms. The Labute approximate surface area is 199 Å². The first-order valence-corrected chi connectivity index (χ1v) is 14.0. The van der Waals surface area contributed by atoms with Crippen LogP contribution in [0.15, 0.2) is 30.5 Å². The average molecular weight is 454 g/mol. The minimum absolute atomic E-state index is 1.01. The zero-order valence-electron chi connectivity index (χ0n) is 20.5. The van der Waals surface area contributed by atoms with E-state index in [2.05, 4.69) is 44.3 Å². The third kappa shape index (κ3) is 8.69. The highest BCUT2D eigenvalue weighted by molar-refractivity contribution is 7.16. The van der Waals surface area contributed by atoms with Crippen molar-refractivity contribution in [2.24, 2.45) is 0 Å². The summed E-state index contributed by atoms with van der Waals surface area (Å²) in [6, 6.07) is 8.55. The molecule has 0 saturated heterocycles. The minimum atomic E-state index is 1.01. The summed E-state index contributed by atoms with van der Waals surface area (Å²) < 4.78 is 1.96. The lowest BCUT2D eigenvalue weighted by Gasteiger charge is -2.03. The molecule has 2 heterocycles. The zero-order chi connectivity index (χ0) is 22.4. The first kappa shape index (κ1) is 25.0. The molecule has 0 atom stereocenters. The second-order valence-electron chi connectivity index (χ2n) is 9.41. The van der Waals surface area contributed by atoms with Gasteiger partial charge in [-0.2, -0.15) is 5.10 Å². The lowest BCUT2D eigenvalue weighted by atomic mass is 10.0. The second-order valence-corrected chi connectivity index (χ2v) is 10.5. The van der Waals surface area contributed by atoms with Gasteiger partial charge in [-0.15, -0.1) is 0 Å². The summed E-state index contributed by atoms with van der Waals surface area (Å²) in [6.45, 7) is 4.41. The van der Waals surface area contributed by atoms with E-state index in [1.165, 1.54) is 107 Å². The number of aromatic nitrogens is 3. The molecule has 0 aliphatic carbocycles. The number of imidazole rings is 1. The van der Waals surface area contributed by atoms with Crippen molar-refractivity contribution in [1.29, 1.82) is 0 Å². The third-order valence-electron chi connectivity index (χ3n) is 6.43. The number of fused-ring (bicyclic) bond motifs is 1. The van der Waals surface area contributed by atoms with Crippen LogP contribution in [0, 0.1) is 6.92 Å². The van der Waals surface area contributed by atoms with Gasteiger partial charge in [-0.05, 0) is 13.3 Å². The van der Waals surface area contributed by atoms with E-state index in [4.69, 9.17) is 10.1 Å². The highest BCUT2D eigenvalue weighted by atomic mass is 32.1. The van der Waals surface area contributed by atoms with Crippen LogP contribution in [0.25, 0.3) is 16.2 Å². The van der Waals surface area contributed by atoms with Crippen LogP contribution in [0.4, 0.5) is 0 Å². The minimum Gasteiger partial charge on any atom is -0.217 e. The van der Waals surface area contributed by atoms with E-state index in [0.29, 0.717) is 0 Å². The van der Waals surface area contributed by atoms with Crippen LogP contribution in [0.2, 0.25) is 0 Å².